The second-order valence-corrected chi connectivity index (χ2v) is 7.81. The lowest BCUT2D eigenvalue weighted by Crippen LogP contribution is -2.12. The Hall–Kier alpha value is -3.84. The third-order valence-corrected chi connectivity index (χ3v) is 5.93. The van der Waals surface area contributed by atoms with E-state index in [0.717, 1.165) is 33.2 Å². The van der Waals surface area contributed by atoms with E-state index in [4.69, 9.17) is 19.2 Å². The highest BCUT2D eigenvalue weighted by atomic mass is 32.1. The fourth-order valence-corrected chi connectivity index (χ4v) is 4.24. The van der Waals surface area contributed by atoms with E-state index in [1.807, 2.05) is 54.6 Å². The zero-order valence-corrected chi connectivity index (χ0v) is 18.7. The molecule has 162 valence electrons. The van der Waals surface area contributed by atoms with Gasteiger partial charge in [0.05, 0.1) is 37.5 Å². The van der Waals surface area contributed by atoms with Gasteiger partial charge in [0, 0.05) is 5.56 Å². The molecule has 7 heteroatoms. The van der Waals surface area contributed by atoms with Crippen LogP contribution >= 0.6 is 11.3 Å². The molecule has 32 heavy (non-hydrogen) atoms. The van der Waals surface area contributed by atoms with Gasteiger partial charge in [0.1, 0.15) is 17.2 Å². The van der Waals surface area contributed by atoms with Crippen molar-refractivity contribution in [3.8, 4) is 38.9 Å². The highest BCUT2D eigenvalue weighted by molar-refractivity contribution is 7.19. The average molecular weight is 447 g/mol. The SMILES string of the molecule is COc1ccc(-c2nc(NC(=O)c3ccccc3OC)sc2-c2ccc(OC)cc2)cc1. The summed E-state index contributed by atoms with van der Waals surface area (Å²) in [6.45, 7) is 0. The molecule has 4 aromatic rings. The Morgan fingerprint density at radius 1 is 0.781 bits per heavy atom. The van der Waals surface area contributed by atoms with Gasteiger partial charge in [-0.1, -0.05) is 23.5 Å². The van der Waals surface area contributed by atoms with Crippen molar-refractivity contribution in [2.75, 3.05) is 26.6 Å². The van der Waals surface area contributed by atoms with Crippen LogP contribution in [0.3, 0.4) is 0 Å². The number of nitrogens with one attached hydrogen (secondary N) is 1. The quantitative estimate of drug-likeness (QED) is 0.391. The predicted molar refractivity (Wildman–Crippen MR) is 127 cm³/mol. The molecule has 0 aliphatic heterocycles. The molecule has 0 saturated carbocycles. The van der Waals surface area contributed by atoms with Crippen LogP contribution in [0.2, 0.25) is 0 Å². The molecule has 6 nitrogen and oxygen atoms in total. The lowest BCUT2D eigenvalue weighted by atomic mass is 10.1. The summed E-state index contributed by atoms with van der Waals surface area (Å²) >= 11 is 1.41. The van der Waals surface area contributed by atoms with Crippen molar-refractivity contribution in [2.45, 2.75) is 0 Å². The molecule has 0 aliphatic carbocycles. The summed E-state index contributed by atoms with van der Waals surface area (Å²) in [5.74, 6) is 1.76. The van der Waals surface area contributed by atoms with E-state index in [1.165, 1.54) is 11.3 Å². The molecule has 0 atom stereocenters. The number of methoxy groups -OCH3 is 3. The summed E-state index contributed by atoms with van der Waals surface area (Å²) < 4.78 is 15.9. The number of para-hydroxylation sites is 1. The van der Waals surface area contributed by atoms with Crippen molar-refractivity contribution in [1.29, 1.82) is 0 Å². The van der Waals surface area contributed by atoms with E-state index in [2.05, 4.69) is 5.32 Å². The van der Waals surface area contributed by atoms with Crippen LogP contribution in [0.4, 0.5) is 5.13 Å². The van der Waals surface area contributed by atoms with Gasteiger partial charge in [-0.2, -0.15) is 0 Å². The summed E-state index contributed by atoms with van der Waals surface area (Å²) in [6, 6.07) is 22.5. The Balaban J connectivity index is 1.73. The van der Waals surface area contributed by atoms with Gasteiger partial charge in [0.2, 0.25) is 0 Å². The molecule has 4 rings (SSSR count). The number of hydrogen-bond acceptors (Lipinski definition) is 6. The van der Waals surface area contributed by atoms with Gasteiger partial charge in [-0.25, -0.2) is 4.98 Å². The monoisotopic (exact) mass is 446 g/mol. The van der Waals surface area contributed by atoms with Crippen molar-refractivity contribution in [3.63, 3.8) is 0 Å². The number of thiazole rings is 1. The molecule has 1 N–H and O–H groups in total. The van der Waals surface area contributed by atoms with E-state index >= 15 is 0 Å². The van der Waals surface area contributed by atoms with Crippen LogP contribution in [0.1, 0.15) is 10.4 Å². The van der Waals surface area contributed by atoms with Gasteiger partial charge in [0.25, 0.3) is 5.91 Å². The average Bonchev–Trinajstić information content (AvgIpc) is 3.27. The first-order valence-electron chi connectivity index (χ1n) is 9.87. The Bertz CT molecular complexity index is 1150. The highest BCUT2D eigenvalue weighted by Gasteiger charge is 2.19. The molecule has 3 aromatic carbocycles. The Morgan fingerprint density at radius 3 is 1.97 bits per heavy atom. The number of carbonyl (C=O) groups is 1. The molecule has 1 heterocycles. The largest absolute Gasteiger partial charge is 0.497 e. The fraction of sp³-hybridized carbons (Fsp3) is 0.120. The van der Waals surface area contributed by atoms with Crippen molar-refractivity contribution in [3.05, 3.63) is 78.4 Å². The Labute approximate surface area is 190 Å². The minimum Gasteiger partial charge on any atom is -0.497 e. The molecule has 0 aliphatic rings. The maximum absolute atomic E-state index is 12.9. The summed E-state index contributed by atoms with van der Waals surface area (Å²) in [5, 5.41) is 3.42. The molecule has 0 fully saturated rings. The smallest absolute Gasteiger partial charge is 0.261 e. The summed E-state index contributed by atoms with van der Waals surface area (Å²) in [5.41, 5.74) is 3.12. The molecule has 0 radical (unpaired) electrons. The van der Waals surface area contributed by atoms with Crippen molar-refractivity contribution < 1.29 is 19.0 Å². The van der Waals surface area contributed by atoms with Crippen LogP contribution < -0.4 is 19.5 Å². The number of ether oxygens (including phenoxy) is 3. The third-order valence-electron chi connectivity index (χ3n) is 4.91. The minimum atomic E-state index is -0.279. The van der Waals surface area contributed by atoms with Crippen molar-refractivity contribution in [1.82, 2.24) is 4.98 Å². The standard InChI is InChI=1S/C25H22N2O4S/c1-29-18-12-8-16(9-13-18)22-23(17-10-14-19(30-2)15-11-17)32-25(26-22)27-24(28)20-6-4-5-7-21(20)31-3/h4-15H,1-3H3,(H,26,27,28). The molecule has 1 amide bonds. The van der Waals surface area contributed by atoms with E-state index < -0.39 is 0 Å². The summed E-state index contributed by atoms with van der Waals surface area (Å²) in [6.07, 6.45) is 0. The number of carbonyl (C=O) groups excluding carboxylic acids is 1. The van der Waals surface area contributed by atoms with Gasteiger partial charge in [-0.05, 0) is 66.2 Å². The first kappa shape index (κ1) is 21.4. The number of benzene rings is 3. The number of anilines is 1. The zero-order valence-electron chi connectivity index (χ0n) is 17.9. The zero-order chi connectivity index (χ0) is 22.5. The van der Waals surface area contributed by atoms with Gasteiger partial charge in [0.15, 0.2) is 5.13 Å². The summed E-state index contributed by atoms with van der Waals surface area (Å²) in [4.78, 5) is 18.6. The van der Waals surface area contributed by atoms with Crippen LogP contribution in [0.15, 0.2) is 72.8 Å². The van der Waals surface area contributed by atoms with E-state index in [9.17, 15) is 4.79 Å². The van der Waals surface area contributed by atoms with Crippen LogP contribution in [0.5, 0.6) is 17.2 Å². The topological polar surface area (TPSA) is 69.7 Å². The maximum atomic E-state index is 12.9. The van der Waals surface area contributed by atoms with Gasteiger partial charge < -0.3 is 14.2 Å². The van der Waals surface area contributed by atoms with E-state index in [1.54, 1.807) is 39.5 Å². The fourth-order valence-electron chi connectivity index (χ4n) is 3.25. The first-order valence-corrected chi connectivity index (χ1v) is 10.7. The normalized spacial score (nSPS) is 10.5. The van der Waals surface area contributed by atoms with Crippen LogP contribution in [0, 0.1) is 0 Å². The molecule has 1 aromatic heterocycles. The van der Waals surface area contributed by atoms with E-state index in [-0.39, 0.29) is 5.91 Å². The van der Waals surface area contributed by atoms with Crippen molar-refractivity contribution in [2.24, 2.45) is 0 Å². The number of nitrogens with zero attached hydrogens (tertiary/aromatic N) is 1. The molecular formula is C25H22N2O4S. The maximum Gasteiger partial charge on any atom is 0.261 e. The second-order valence-electron chi connectivity index (χ2n) is 6.81. The lowest BCUT2D eigenvalue weighted by molar-refractivity contribution is 0.102. The van der Waals surface area contributed by atoms with E-state index in [0.29, 0.717) is 16.4 Å². The van der Waals surface area contributed by atoms with Gasteiger partial charge in [-0.15, -0.1) is 0 Å². The molecular weight excluding hydrogens is 424 g/mol. The third kappa shape index (κ3) is 4.43. The number of hydrogen-bond donors (Lipinski definition) is 1. The number of amides is 1. The minimum absolute atomic E-state index is 0.279. The van der Waals surface area contributed by atoms with Crippen LogP contribution in [0.25, 0.3) is 21.7 Å². The Kier molecular flexibility index (Phi) is 6.37. The van der Waals surface area contributed by atoms with Crippen LogP contribution in [-0.4, -0.2) is 32.2 Å². The van der Waals surface area contributed by atoms with Crippen LogP contribution in [-0.2, 0) is 0 Å². The molecule has 0 spiro atoms. The second kappa shape index (κ2) is 9.53. The predicted octanol–water partition coefficient (Wildman–Crippen LogP) is 5.76. The number of aromatic nitrogens is 1. The Morgan fingerprint density at radius 2 is 1.38 bits per heavy atom. The first-order chi connectivity index (χ1) is 15.6. The number of rotatable bonds is 7. The van der Waals surface area contributed by atoms with Gasteiger partial charge in [-0.3, -0.25) is 10.1 Å². The molecule has 0 unspecified atom stereocenters. The summed E-state index contributed by atoms with van der Waals surface area (Å²) in [7, 11) is 4.81. The highest BCUT2D eigenvalue weighted by Crippen LogP contribution is 2.40. The lowest BCUT2D eigenvalue weighted by Gasteiger charge is -2.07. The van der Waals surface area contributed by atoms with Gasteiger partial charge >= 0.3 is 0 Å². The van der Waals surface area contributed by atoms with Crippen molar-refractivity contribution >= 4 is 22.4 Å². The molecule has 0 saturated heterocycles. The molecule has 0 bridgehead atoms.